The Bertz CT molecular complexity index is 392. The highest BCUT2D eigenvalue weighted by Gasteiger charge is 2.65. The molecule has 94 valence electrons. The van der Waals surface area contributed by atoms with Crippen LogP contribution in [0.15, 0.2) is 0 Å². The van der Waals surface area contributed by atoms with Crippen molar-refractivity contribution in [3.8, 4) is 0 Å². The highest BCUT2D eigenvalue weighted by molar-refractivity contribution is 5.90. The highest BCUT2D eigenvalue weighted by atomic mass is 16.5. The van der Waals surface area contributed by atoms with E-state index in [-0.39, 0.29) is 35.7 Å². The Morgan fingerprint density at radius 2 is 2.24 bits per heavy atom. The topological polar surface area (TPSA) is 55.8 Å². The largest absolute Gasteiger partial charge is 0.469 e. The van der Waals surface area contributed by atoms with E-state index < -0.39 is 5.72 Å². The van der Waals surface area contributed by atoms with Gasteiger partial charge < -0.3 is 14.4 Å². The van der Waals surface area contributed by atoms with Crippen molar-refractivity contribution in [3.05, 3.63) is 0 Å². The van der Waals surface area contributed by atoms with Gasteiger partial charge in [-0.1, -0.05) is 0 Å². The number of nitrogens with zero attached hydrogens (tertiary/aromatic N) is 1. The van der Waals surface area contributed by atoms with Gasteiger partial charge in [-0.2, -0.15) is 0 Å². The predicted octanol–water partition coefficient (Wildman–Crippen LogP) is 0.389. The van der Waals surface area contributed by atoms with Crippen LogP contribution in [0, 0.1) is 17.8 Å². The maximum absolute atomic E-state index is 12.3. The van der Waals surface area contributed by atoms with Crippen molar-refractivity contribution in [3.63, 3.8) is 0 Å². The Morgan fingerprint density at radius 3 is 2.88 bits per heavy atom. The second kappa shape index (κ2) is 3.22. The summed E-state index contributed by atoms with van der Waals surface area (Å²) < 4.78 is 10.5. The Morgan fingerprint density at radius 1 is 1.53 bits per heavy atom. The van der Waals surface area contributed by atoms with E-state index in [2.05, 4.69) is 0 Å². The Balaban J connectivity index is 1.90. The standard InChI is InChI=1S/C12H17NO4/c1-12(2)13-8(5-17-12)6-4-7(10(13)14)9(6)11(15)16-3/h6-9H,4-5H2,1-3H3/t6-,7-,8+,9+/m0/s1. The van der Waals surface area contributed by atoms with Gasteiger partial charge >= 0.3 is 5.97 Å². The monoisotopic (exact) mass is 239 g/mol. The number of amides is 1. The van der Waals surface area contributed by atoms with Crippen LogP contribution < -0.4 is 0 Å². The van der Waals surface area contributed by atoms with Crippen molar-refractivity contribution < 1.29 is 19.1 Å². The van der Waals surface area contributed by atoms with Gasteiger partial charge in [0.05, 0.1) is 31.6 Å². The second-order valence-corrected chi connectivity index (χ2v) is 5.59. The van der Waals surface area contributed by atoms with Crippen LogP contribution in [0.5, 0.6) is 0 Å². The van der Waals surface area contributed by atoms with Gasteiger partial charge in [-0.15, -0.1) is 0 Å². The van der Waals surface area contributed by atoms with Gasteiger partial charge in [0.25, 0.3) is 0 Å². The molecule has 1 amide bonds. The number of hydrogen-bond acceptors (Lipinski definition) is 4. The Labute approximate surface area is 100 Å². The molecule has 5 heteroatoms. The summed E-state index contributed by atoms with van der Waals surface area (Å²) in [5, 5.41) is 0. The molecule has 0 aromatic heterocycles. The minimum Gasteiger partial charge on any atom is -0.469 e. The molecular weight excluding hydrogens is 222 g/mol. The van der Waals surface area contributed by atoms with Crippen molar-refractivity contribution in [1.29, 1.82) is 0 Å². The highest BCUT2D eigenvalue weighted by Crippen LogP contribution is 2.54. The van der Waals surface area contributed by atoms with Gasteiger partial charge in [-0.3, -0.25) is 9.59 Å². The molecule has 5 nitrogen and oxygen atoms in total. The minimum absolute atomic E-state index is 0.0478. The van der Waals surface area contributed by atoms with Crippen LogP contribution in [0.2, 0.25) is 0 Å². The molecule has 4 rings (SSSR count). The van der Waals surface area contributed by atoms with Crippen molar-refractivity contribution >= 4 is 11.9 Å². The van der Waals surface area contributed by atoms with E-state index in [9.17, 15) is 9.59 Å². The molecule has 0 unspecified atom stereocenters. The van der Waals surface area contributed by atoms with Crippen LogP contribution in [0.3, 0.4) is 0 Å². The molecule has 1 saturated carbocycles. The fourth-order valence-electron chi connectivity index (χ4n) is 3.57. The molecule has 4 atom stereocenters. The first-order chi connectivity index (χ1) is 7.97. The number of carbonyl (C=O) groups excluding carboxylic acids is 2. The summed E-state index contributed by atoms with van der Waals surface area (Å²) in [6.45, 7) is 4.34. The molecule has 0 spiro atoms. The lowest BCUT2D eigenvalue weighted by atomic mass is 9.58. The normalized spacial score (nSPS) is 41.8. The van der Waals surface area contributed by atoms with E-state index in [1.807, 2.05) is 18.7 Å². The summed E-state index contributed by atoms with van der Waals surface area (Å²) in [6, 6.07) is 0.0478. The molecule has 3 aliphatic heterocycles. The minimum atomic E-state index is -0.528. The zero-order valence-corrected chi connectivity index (χ0v) is 10.3. The zero-order valence-electron chi connectivity index (χ0n) is 10.3. The number of hydrogen-bond donors (Lipinski definition) is 0. The van der Waals surface area contributed by atoms with E-state index in [1.54, 1.807) is 0 Å². The zero-order chi connectivity index (χ0) is 12.4. The third-order valence-electron chi connectivity index (χ3n) is 4.46. The number of esters is 1. The quantitative estimate of drug-likeness (QED) is 0.621. The van der Waals surface area contributed by atoms with Gasteiger partial charge in [0.1, 0.15) is 5.72 Å². The molecule has 4 fully saturated rings. The van der Waals surface area contributed by atoms with Crippen molar-refractivity contribution in [2.75, 3.05) is 13.7 Å². The third-order valence-corrected chi connectivity index (χ3v) is 4.46. The molecule has 0 aromatic carbocycles. The average molecular weight is 239 g/mol. The van der Waals surface area contributed by atoms with Crippen LogP contribution in [0.4, 0.5) is 0 Å². The molecule has 0 N–H and O–H groups in total. The number of methoxy groups -OCH3 is 1. The second-order valence-electron chi connectivity index (χ2n) is 5.59. The molecular formula is C12H17NO4. The molecule has 2 bridgehead atoms. The number of ether oxygens (including phenoxy) is 2. The van der Waals surface area contributed by atoms with Gasteiger partial charge in [-0.05, 0) is 26.2 Å². The van der Waals surface area contributed by atoms with Crippen LogP contribution in [0.25, 0.3) is 0 Å². The Kier molecular flexibility index (Phi) is 2.09. The lowest BCUT2D eigenvalue weighted by Gasteiger charge is -2.55. The first-order valence-electron chi connectivity index (χ1n) is 6.02. The van der Waals surface area contributed by atoms with Gasteiger partial charge in [0, 0.05) is 0 Å². The molecule has 4 aliphatic rings. The predicted molar refractivity (Wildman–Crippen MR) is 57.8 cm³/mol. The van der Waals surface area contributed by atoms with Gasteiger partial charge in [-0.25, -0.2) is 0 Å². The summed E-state index contributed by atoms with van der Waals surface area (Å²) in [7, 11) is 1.38. The molecule has 0 aromatic rings. The lowest BCUT2D eigenvalue weighted by molar-refractivity contribution is -0.188. The van der Waals surface area contributed by atoms with Crippen molar-refractivity contribution in [2.24, 2.45) is 17.8 Å². The van der Waals surface area contributed by atoms with Crippen molar-refractivity contribution in [2.45, 2.75) is 32.0 Å². The van der Waals surface area contributed by atoms with Gasteiger partial charge in [0.2, 0.25) is 5.91 Å². The van der Waals surface area contributed by atoms with Crippen LogP contribution in [0.1, 0.15) is 20.3 Å². The molecule has 0 radical (unpaired) electrons. The van der Waals surface area contributed by atoms with E-state index in [1.165, 1.54) is 7.11 Å². The van der Waals surface area contributed by atoms with E-state index in [4.69, 9.17) is 9.47 Å². The fourth-order valence-corrected chi connectivity index (χ4v) is 3.57. The summed E-state index contributed by atoms with van der Waals surface area (Å²) in [6.07, 6.45) is 0.805. The lowest BCUT2D eigenvalue weighted by Crippen LogP contribution is -2.67. The van der Waals surface area contributed by atoms with E-state index in [0.29, 0.717) is 6.61 Å². The number of piperidine rings is 2. The van der Waals surface area contributed by atoms with Gasteiger partial charge in [0.15, 0.2) is 0 Å². The van der Waals surface area contributed by atoms with Crippen LogP contribution >= 0.6 is 0 Å². The van der Waals surface area contributed by atoms with Crippen molar-refractivity contribution in [1.82, 2.24) is 4.90 Å². The molecule has 3 saturated heterocycles. The van der Waals surface area contributed by atoms with E-state index >= 15 is 0 Å². The van der Waals surface area contributed by atoms with Crippen LogP contribution in [-0.2, 0) is 19.1 Å². The molecule has 17 heavy (non-hydrogen) atoms. The van der Waals surface area contributed by atoms with E-state index in [0.717, 1.165) is 6.42 Å². The smallest absolute Gasteiger partial charge is 0.309 e. The summed E-state index contributed by atoms with van der Waals surface area (Å²) in [5.74, 6) is -0.415. The Hall–Kier alpha value is -1.10. The molecule has 3 heterocycles. The summed E-state index contributed by atoms with van der Waals surface area (Å²) in [5.41, 5.74) is -0.528. The maximum atomic E-state index is 12.3. The average Bonchev–Trinajstić information content (AvgIpc) is 2.54. The first-order valence-corrected chi connectivity index (χ1v) is 6.02. The fraction of sp³-hybridized carbons (Fsp3) is 0.833. The summed E-state index contributed by atoms with van der Waals surface area (Å²) in [4.78, 5) is 25.8. The molecule has 1 aliphatic carbocycles. The SMILES string of the molecule is COC(=O)[C@@H]1[C@H]2C[C@@H]1C(=O)N1[C@@H]2COC1(C)C. The third kappa shape index (κ3) is 1.23. The number of carbonyl (C=O) groups is 2. The number of rotatable bonds is 1. The summed E-state index contributed by atoms with van der Waals surface area (Å²) >= 11 is 0. The van der Waals surface area contributed by atoms with Crippen LogP contribution in [-0.4, -0.2) is 42.3 Å². The maximum Gasteiger partial charge on any atom is 0.309 e. The first kappa shape index (κ1) is 11.0.